The number of primary sulfonamides is 1. The lowest BCUT2D eigenvalue weighted by Gasteiger charge is -2.23. The van der Waals surface area contributed by atoms with E-state index < -0.39 is 16.4 Å². The normalized spacial score (nSPS) is 14.1. The Labute approximate surface area is 171 Å². The van der Waals surface area contributed by atoms with Crippen LogP contribution < -0.4 is 14.8 Å². The minimum absolute atomic E-state index is 0.0195. The fourth-order valence-corrected chi connectivity index (χ4v) is 3.90. The van der Waals surface area contributed by atoms with Gasteiger partial charge in [0.05, 0.1) is 11.4 Å². The Balaban J connectivity index is 1.69. The number of hydrogen-bond acceptors (Lipinski definition) is 5. The third kappa shape index (κ3) is 5.29. The smallest absolute Gasteiger partial charge is 0.405 e. The molecule has 0 radical (unpaired) electrons. The third-order valence-electron chi connectivity index (χ3n) is 4.62. The van der Waals surface area contributed by atoms with Crippen LogP contribution in [0, 0.1) is 0 Å². The van der Waals surface area contributed by atoms with E-state index in [1.807, 2.05) is 0 Å². The van der Waals surface area contributed by atoms with Gasteiger partial charge in [0.2, 0.25) is 15.9 Å². The highest BCUT2D eigenvalue weighted by molar-refractivity contribution is 7.89. The molecule has 0 aliphatic carbocycles. The predicted octanol–water partition coefficient (Wildman–Crippen LogP) is 2.25. The molecule has 1 amide bonds. The van der Waals surface area contributed by atoms with E-state index in [4.69, 9.17) is 5.14 Å². The molecular weight excluding hydrogens is 423 g/mol. The Kier molecular flexibility index (Phi) is 6.06. The summed E-state index contributed by atoms with van der Waals surface area (Å²) in [5, 5.41) is 5.14. The van der Waals surface area contributed by atoms with Crippen LogP contribution in [0.1, 0.15) is 11.1 Å². The molecule has 0 aromatic heterocycles. The third-order valence-corrected chi connectivity index (χ3v) is 5.53. The quantitative estimate of drug-likeness (QED) is 0.739. The standard InChI is InChI=1S/C19H20F3N3O4S/c1-24(11-14-4-2-3-5-17(14)29-19(20,21)22)12-18(26)25-9-8-13-10-15(30(23,27)28)6-7-16(13)25/h2-7,10H,8-9,11-12H2,1H3,(H2,23,27,28). The second-order valence-electron chi connectivity index (χ2n) is 6.96. The summed E-state index contributed by atoms with van der Waals surface area (Å²) in [6, 6.07) is 10.1. The van der Waals surface area contributed by atoms with Crippen molar-refractivity contribution in [1.29, 1.82) is 0 Å². The van der Waals surface area contributed by atoms with Crippen LogP contribution in [0.3, 0.4) is 0 Å². The lowest BCUT2D eigenvalue weighted by molar-refractivity contribution is -0.275. The summed E-state index contributed by atoms with van der Waals surface area (Å²) in [6.45, 7) is 0.406. The average molecular weight is 443 g/mol. The zero-order chi connectivity index (χ0) is 22.1. The van der Waals surface area contributed by atoms with Gasteiger partial charge in [0.25, 0.3) is 0 Å². The molecule has 0 unspecified atom stereocenters. The highest BCUT2D eigenvalue weighted by Crippen LogP contribution is 2.30. The number of sulfonamides is 1. The van der Waals surface area contributed by atoms with Crippen LogP contribution in [0.4, 0.5) is 18.9 Å². The first-order chi connectivity index (χ1) is 13.9. The number of amides is 1. The van der Waals surface area contributed by atoms with Gasteiger partial charge in [-0.1, -0.05) is 18.2 Å². The van der Waals surface area contributed by atoms with E-state index in [-0.39, 0.29) is 29.6 Å². The zero-order valence-electron chi connectivity index (χ0n) is 16.0. The topological polar surface area (TPSA) is 92.9 Å². The minimum Gasteiger partial charge on any atom is -0.405 e. The van der Waals surface area contributed by atoms with Gasteiger partial charge >= 0.3 is 6.36 Å². The van der Waals surface area contributed by atoms with Crippen molar-refractivity contribution >= 4 is 21.6 Å². The molecule has 0 fully saturated rings. The highest BCUT2D eigenvalue weighted by atomic mass is 32.2. The van der Waals surface area contributed by atoms with Gasteiger partial charge < -0.3 is 9.64 Å². The molecule has 2 aromatic rings. The van der Waals surface area contributed by atoms with E-state index in [0.29, 0.717) is 29.8 Å². The molecule has 0 atom stereocenters. The lowest BCUT2D eigenvalue weighted by Crippen LogP contribution is -2.38. The number of para-hydroxylation sites is 1. The van der Waals surface area contributed by atoms with Crippen molar-refractivity contribution in [2.24, 2.45) is 5.14 Å². The zero-order valence-corrected chi connectivity index (χ0v) is 16.8. The second kappa shape index (κ2) is 8.25. The van der Waals surface area contributed by atoms with Crippen LogP contribution in [0.15, 0.2) is 47.4 Å². The summed E-state index contributed by atoms with van der Waals surface area (Å²) in [7, 11) is -2.22. The minimum atomic E-state index is -4.81. The molecule has 0 bridgehead atoms. The number of rotatable bonds is 6. The van der Waals surface area contributed by atoms with Gasteiger partial charge in [-0.25, -0.2) is 13.6 Å². The average Bonchev–Trinajstić information content (AvgIpc) is 3.04. The predicted molar refractivity (Wildman–Crippen MR) is 103 cm³/mol. The molecule has 2 N–H and O–H groups in total. The number of nitrogens with zero attached hydrogens (tertiary/aromatic N) is 2. The maximum atomic E-state index is 12.7. The van der Waals surface area contributed by atoms with Crippen LogP contribution in [0.2, 0.25) is 0 Å². The summed E-state index contributed by atoms with van der Waals surface area (Å²) < 4.78 is 64.7. The van der Waals surface area contributed by atoms with Crippen molar-refractivity contribution in [1.82, 2.24) is 4.90 Å². The second-order valence-corrected chi connectivity index (χ2v) is 8.52. The summed E-state index contributed by atoms with van der Waals surface area (Å²) >= 11 is 0. The molecule has 1 aliphatic rings. The van der Waals surface area contributed by atoms with Crippen molar-refractivity contribution in [3.05, 3.63) is 53.6 Å². The number of nitrogens with two attached hydrogens (primary N) is 1. The number of carbonyl (C=O) groups excluding carboxylic acids is 1. The molecule has 0 saturated heterocycles. The molecule has 7 nitrogen and oxygen atoms in total. The molecular formula is C19H20F3N3O4S. The number of halogens is 3. The van der Waals surface area contributed by atoms with Crippen molar-refractivity contribution in [3.8, 4) is 5.75 Å². The van der Waals surface area contributed by atoms with E-state index in [1.54, 1.807) is 18.0 Å². The number of benzene rings is 2. The number of likely N-dealkylation sites (N-methyl/N-ethyl adjacent to an activating group) is 1. The molecule has 3 rings (SSSR count). The number of anilines is 1. The Hall–Kier alpha value is -2.63. The molecule has 1 aliphatic heterocycles. The van der Waals surface area contributed by atoms with E-state index in [0.717, 1.165) is 0 Å². The van der Waals surface area contributed by atoms with Gasteiger partial charge in [-0.3, -0.25) is 9.69 Å². The maximum absolute atomic E-state index is 12.7. The summed E-state index contributed by atoms with van der Waals surface area (Å²) in [5.74, 6) is -0.569. The summed E-state index contributed by atoms with van der Waals surface area (Å²) in [6.07, 6.45) is -4.32. The largest absolute Gasteiger partial charge is 0.573 e. The number of carbonyl (C=O) groups is 1. The summed E-state index contributed by atoms with van der Waals surface area (Å²) in [4.78, 5) is 15.8. The maximum Gasteiger partial charge on any atom is 0.573 e. The molecule has 2 aromatic carbocycles. The Morgan fingerprint density at radius 2 is 1.93 bits per heavy atom. The Morgan fingerprint density at radius 1 is 1.23 bits per heavy atom. The van der Waals surface area contributed by atoms with Crippen LogP contribution in [-0.4, -0.2) is 45.7 Å². The molecule has 0 saturated carbocycles. The number of hydrogen-bond donors (Lipinski definition) is 1. The first-order valence-electron chi connectivity index (χ1n) is 8.92. The van der Waals surface area contributed by atoms with Gasteiger partial charge in [-0.2, -0.15) is 0 Å². The SMILES string of the molecule is CN(CC(=O)N1CCc2cc(S(N)(=O)=O)ccc21)Cc1ccccc1OC(F)(F)F. The van der Waals surface area contributed by atoms with Crippen molar-refractivity contribution in [3.63, 3.8) is 0 Å². The van der Waals surface area contributed by atoms with E-state index in [1.165, 1.54) is 41.3 Å². The molecule has 0 spiro atoms. The van der Waals surface area contributed by atoms with Gasteiger partial charge in [0, 0.05) is 24.3 Å². The van der Waals surface area contributed by atoms with Crippen LogP contribution in [0.5, 0.6) is 5.75 Å². The number of alkyl halides is 3. The van der Waals surface area contributed by atoms with Crippen LogP contribution in [-0.2, 0) is 27.8 Å². The monoisotopic (exact) mass is 443 g/mol. The first-order valence-corrected chi connectivity index (χ1v) is 10.5. The van der Waals surface area contributed by atoms with E-state index in [9.17, 15) is 26.4 Å². The first kappa shape index (κ1) is 22.1. The summed E-state index contributed by atoms with van der Waals surface area (Å²) in [5.41, 5.74) is 1.59. The van der Waals surface area contributed by atoms with E-state index in [2.05, 4.69) is 4.74 Å². The van der Waals surface area contributed by atoms with Crippen LogP contribution >= 0.6 is 0 Å². The van der Waals surface area contributed by atoms with E-state index >= 15 is 0 Å². The van der Waals surface area contributed by atoms with Crippen molar-refractivity contribution in [2.45, 2.75) is 24.2 Å². The Morgan fingerprint density at radius 3 is 2.60 bits per heavy atom. The lowest BCUT2D eigenvalue weighted by atomic mass is 10.2. The highest BCUT2D eigenvalue weighted by Gasteiger charge is 2.32. The van der Waals surface area contributed by atoms with Crippen molar-refractivity contribution < 1.29 is 31.1 Å². The molecule has 11 heteroatoms. The molecule has 30 heavy (non-hydrogen) atoms. The fourth-order valence-electron chi connectivity index (χ4n) is 3.34. The molecule has 162 valence electrons. The van der Waals surface area contributed by atoms with Gasteiger partial charge in [0.15, 0.2) is 0 Å². The number of fused-ring (bicyclic) bond motifs is 1. The van der Waals surface area contributed by atoms with Gasteiger partial charge in [-0.15, -0.1) is 13.2 Å². The van der Waals surface area contributed by atoms with Crippen LogP contribution in [0.25, 0.3) is 0 Å². The van der Waals surface area contributed by atoms with Gasteiger partial charge in [-0.05, 0) is 43.3 Å². The van der Waals surface area contributed by atoms with Gasteiger partial charge in [0.1, 0.15) is 5.75 Å². The molecule has 1 heterocycles. The number of ether oxygens (including phenoxy) is 1. The van der Waals surface area contributed by atoms with Crippen molar-refractivity contribution in [2.75, 3.05) is 25.0 Å². The Bertz CT molecular complexity index is 1060. The fraction of sp³-hybridized carbons (Fsp3) is 0.316.